The van der Waals surface area contributed by atoms with E-state index in [0.717, 1.165) is 29.7 Å². The van der Waals surface area contributed by atoms with Crippen molar-refractivity contribution in [3.63, 3.8) is 0 Å². The van der Waals surface area contributed by atoms with Crippen molar-refractivity contribution in [3.05, 3.63) is 42.0 Å². The molecule has 0 unspecified atom stereocenters. The number of aromatic nitrogens is 5. The highest BCUT2D eigenvalue weighted by atomic mass is 32.2. The highest BCUT2D eigenvalue weighted by molar-refractivity contribution is 7.92. The summed E-state index contributed by atoms with van der Waals surface area (Å²) in [5, 5.41) is 10.5. The second-order valence-electron chi connectivity index (χ2n) is 9.00. The fourth-order valence-corrected chi connectivity index (χ4v) is 4.56. The van der Waals surface area contributed by atoms with Gasteiger partial charge in [0.15, 0.2) is 5.65 Å². The largest absolute Gasteiger partial charge is 0.352 e. The highest BCUT2D eigenvalue weighted by Crippen LogP contribution is 2.36. The molecule has 1 aliphatic rings. The van der Waals surface area contributed by atoms with Crippen molar-refractivity contribution in [3.8, 4) is 11.1 Å². The van der Waals surface area contributed by atoms with Crippen LogP contribution in [-0.4, -0.2) is 44.8 Å². The summed E-state index contributed by atoms with van der Waals surface area (Å²) in [6, 6.07) is 7.22. The van der Waals surface area contributed by atoms with Crippen LogP contribution in [0.5, 0.6) is 0 Å². The Bertz CT molecular complexity index is 1580. The summed E-state index contributed by atoms with van der Waals surface area (Å²) in [7, 11) is -1.70. The van der Waals surface area contributed by atoms with Crippen LogP contribution >= 0.6 is 0 Å². The van der Waals surface area contributed by atoms with E-state index in [4.69, 9.17) is 0 Å². The fourth-order valence-electron chi connectivity index (χ4n) is 3.91. The van der Waals surface area contributed by atoms with Crippen LogP contribution in [0.3, 0.4) is 0 Å². The lowest BCUT2D eigenvalue weighted by Crippen LogP contribution is -2.16. The molecule has 0 aliphatic heterocycles. The fraction of sp³-hybridized carbons (Fsp3) is 0.333. The summed E-state index contributed by atoms with van der Waals surface area (Å²) >= 11 is 0. The SMILES string of the molecule is CCS(=O)(=O)Nc1cc(-c2cnn(C)c2C)ccc1Nc1cc(NC(=O)C2CC2)nc2nc(C)[nH]c12. The molecule has 36 heavy (non-hydrogen) atoms. The summed E-state index contributed by atoms with van der Waals surface area (Å²) in [5.74, 6) is 0.942. The molecule has 1 aromatic carbocycles. The molecule has 1 saturated carbocycles. The van der Waals surface area contributed by atoms with Crippen LogP contribution in [-0.2, 0) is 21.9 Å². The van der Waals surface area contributed by atoms with Gasteiger partial charge in [-0.1, -0.05) is 6.07 Å². The molecule has 1 fully saturated rings. The molecule has 12 heteroatoms. The quantitative estimate of drug-likeness (QED) is 0.283. The summed E-state index contributed by atoms with van der Waals surface area (Å²) in [6.45, 7) is 5.36. The van der Waals surface area contributed by atoms with Gasteiger partial charge in [0.05, 0.1) is 29.0 Å². The normalized spacial score (nSPS) is 13.7. The molecule has 188 valence electrons. The van der Waals surface area contributed by atoms with Crippen LogP contribution in [0, 0.1) is 19.8 Å². The smallest absolute Gasteiger partial charge is 0.232 e. The van der Waals surface area contributed by atoms with Gasteiger partial charge >= 0.3 is 0 Å². The van der Waals surface area contributed by atoms with Crippen LogP contribution in [0.1, 0.15) is 31.3 Å². The minimum atomic E-state index is -3.56. The summed E-state index contributed by atoms with van der Waals surface area (Å²) in [6.07, 6.45) is 3.51. The molecule has 3 heterocycles. The van der Waals surface area contributed by atoms with Crippen molar-refractivity contribution in [1.82, 2.24) is 24.7 Å². The van der Waals surface area contributed by atoms with Gasteiger partial charge in [0.2, 0.25) is 15.9 Å². The maximum Gasteiger partial charge on any atom is 0.232 e. The predicted octanol–water partition coefficient (Wildman–Crippen LogP) is 3.83. The molecule has 0 atom stereocenters. The Morgan fingerprint density at radius 1 is 1.14 bits per heavy atom. The van der Waals surface area contributed by atoms with Crippen molar-refractivity contribution >= 4 is 50.0 Å². The number of aromatic amines is 1. The summed E-state index contributed by atoms with van der Waals surface area (Å²) < 4.78 is 29.5. The maximum atomic E-state index is 12.5. The van der Waals surface area contributed by atoms with Gasteiger partial charge in [-0.3, -0.25) is 14.2 Å². The Labute approximate surface area is 208 Å². The van der Waals surface area contributed by atoms with Crippen LogP contribution in [0.4, 0.5) is 22.9 Å². The second kappa shape index (κ2) is 8.94. The van der Waals surface area contributed by atoms with E-state index in [1.165, 1.54) is 0 Å². The van der Waals surface area contributed by atoms with E-state index >= 15 is 0 Å². The summed E-state index contributed by atoms with van der Waals surface area (Å²) in [5.41, 5.74) is 5.32. The number of nitrogens with zero attached hydrogens (tertiary/aromatic N) is 4. The molecule has 1 amide bonds. The van der Waals surface area contributed by atoms with Crippen molar-refractivity contribution in [2.75, 3.05) is 21.1 Å². The lowest BCUT2D eigenvalue weighted by Gasteiger charge is -2.16. The number of imidazole rings is 1. The van der Waals surface area contributed by atoms with E-state index in [1.807, 2.05) is 33.0 Å². The minimum absolute atomic E-state index is 0.0263. The molecule has 3 aromatic heterocycles. The monoisotopic (exact) mass is 508 g/mol. The first-order chi connectivity index (χ1) is 17.1. The number of nitrogens with one attached hydrogen (secondary N) is 4. The van der Waals surface area contributed by atoms with Crippen LogP contribution in [0.15, 0.2) is 30.5 Å². The molecule has 0 spiro atoms. The van der Waals surface area contributed by atoms with Crippen LogP contribution in [0.25, 0.3) is 22.3 Å². The number of pyridine rings is 1. The molecule has 4 N–H and O–H groups in total. The standard InChI is InChI=1S/C24H28N8O3S/c1-5-36(34,35)31-19-10-16(17-12-25-32(4)13(17)2)8-9-18(19)28-20-11-21(30-24(33)15-6-7-15)29-23-22(20)26-14(3)27-23/h8-12,15,31H,5-7H2,1-4H3,(H3,26,27,28,29,30,33). The Hall–Kier alpha value is -3.93. The average Bonchev–Trinajstić information content (AvgIpc) is 3.54. The van der Waals surface area contributed by atoms with Crippen LogP contribution in [0.2, 0.25) is 0 Å². The number of rotatable bonds is 8. The topological polar surface area (TPSA) is 147 Å². The average molecular weight is 509 g/mol. The third-order valence-corrected chi connectivity index (χ3v) is 7.55. The zero-order valence-electron chi connectivity index (χ0n) is 20.5. The number of carbonyl (C=O) groups is 1. The number of anilines is 4. The lowest BCUT2D eigenvalue weighted by molar-refractivity contribution is -0.117. The number of hydrogen-bond donors (Lipinski definition) is 4. The molecule has 11 nitrogen and oxygen atoms in total. The third kappa shape index (κ3) is 4.76. The zero-order valence-corrected chi connectivity index (χ0v) is 21.3. The van der Waals surface area contributed by atoms with Gasteiger partial charge in [0, 0.05) is 30.3 Å². The van der Waals surface area contributed by atoms with Gasteiger partial charge < -0.3 is 15.6 Å². The first-order valence-electron chi connectivity index (χ1n) is 11.7. The number of benzene rings is 1. The number of aryl methyl sites for hydroxylation is 2. The first-order valence-corrected chi connectivity index (χ1v) is 13.4. The van der Waals surface area contributed by atoms with E-state index in [0.29, 0.717) is 39.9 Å². The molecular formula is C24H28N8O3S. The van der Waals surface area contributed by atoms with E-state index in [2.05, 4.69) is 35.4 Å². The molecule has 0 bridgehead atoms. The van der Waals surface area contributed by atoms with E-state index in [-0.39, 0.29) is 17.6 Å². The summed E-state index contributed by atoms with van der Waals surface area (Å²) in [4.78, 5) is 24.4. The van der Waals surface area contributed by atoms with E-state index < -0.39 is 10.0 Å². The van der Waals surface area contributed by atoms with Crippen molar-refractivity contribution < 1.29 is 13.2 Å². The number of amides is 1. The molecule has 5 rings (SSSR count). The molecule has 0 saturated heterocycles. The van der Waals surface area contributed by atoms with Gasteiger partial charge in [-0.2, -0.15) is 5.10 Å². The Kier molecular flexibility index (Phi) is 5.91. The highest BCUT2D eigenvalue weighted by Gasteiger charge is 2.30. The number of H-pyrrole nitrogens is 1. The number of sulfonamides is 1. The molecule has 1 aliphatic carbocycles. The van der Waals surface area contributed by atoms with Crippen molar-refractivity contribution in [1.29, 1.82) is 0 Å². The van der Waals surface area contributed by atoms with Gasteiger partial charge in [-0.05, 0) is 51.3 Å². The van der Waals surface area contributed by atoms with Gasteiger partial charge in [-0.25, -0.2) is 18.4 Å². The zero-order chi connectivity index (χ0) is 25.6. The van der Waals surface area contributed by atoms with E-state index in [1.54, 1.807) is 29.9 Å². The number of carbonyl (C=O) groups excluding carboxylic acids is 1. The van der Waals surface area contributed by atoms with Gasteiger partial charge in [-0.15, -0.1) is 0 Å². The predicted molar refractivity (Wildman–Crippen MR) is 140 cm³/mol. The Balaban J connectivity index is 1.57. The molecule has 0 radical (unpaired) electrons. The Morgan fingerprint density at radius 2 is 1.92 bits per heavy atom. The second-order valence-corrected chi connectivity index (χ2v) is 11.0. The number of fused-ring (bicyclic) bond motifs is 1. The van der Waals surface area contributed by atoms with E-state index in [9.17, 15) is 13.2 Å². The maximum absolute atomic E-state index is 12.5. The third-order valence-electron chi connectivity index (χ3n) is 6.26. The minimum Gasteiger partial charge on any atom is -0.352 e. The van der Waals surface area contributed by atoms with Crippen LogP contribution < -0.4 is 15.4 Å². The Morgan fingerprint density at radius 3 is 2.58 bits per heavy atom. The molecule has 4 aromatic rings. The van der Waals surface area contributed by atoms with Gasteiger partial charge in [0.25, 0.3) is 0 Å². The number of hydrogen-bond acceptors (Lipinski definition) is 7. The van der Waals surface area contributed by atoms with Gasteiger partial charge in [0.1, 0.15) is 17.2 Å². The lowest BCUT2D eigenvalue weighted by atomic mass is 10.1. The molecular weight excluding hydrogens is 480 g/mol. The van der Waals surface area contributed by atoms with Crippen molar-refractivity contribution in [2.45, 2.75) is 33.6 Å². The first kappa shape index (κ1) is 23.8. The van der Waals surface area contributed by atoms with Crippen molar-refractivity contribution in [2.24, 2.45) is 13.0 Å².